The highest BCUT2D eigenvalue weighted by molar-refractivity contribution is 6.60. The normalized spacial score (nSPS) is 9.71. The number of hydrogen-bond donors (Lipinski definition) is 2. The third-order valence-corrected chi connectivity index (χ3v) is 1.89. The van der Waals surface area contributed by atoms with Crippen molar-refractivity contribution >= 4 is 18.6 Å². The monoisotopic (exact) mass is 194 g/mol. The Labute approximate surface area is 82.3 Å². The van der Waals surface area contributed by atoms with E-state index in [-0.39, 0.29) is 11.0 Å². The quantitative estimate of drug-likeness (QED) is 0.490. The third kappa shape index (κ3) is 2.13. The Kier molecular flexibility index (Phi) is 3.27. The molecule has 0 saturated heterocycles. The van der Waals surface area contributed by atoms with Crippen molar-refractivity contribution < 1.29 is 19.6 Å². The smallest absolute Gasteiger partial charge is 0.465 e. The Morgan fingerprint density at radius 1 is 1.43 bits per heavy atom. The predicted molar refractivity (Wildman–Crippen MR) is 52.3 cm³/mol. The van der Waals surface area contributed by atoms with Gasteiger partial charge in [0.1, 0.15) is 0 Å². The van der Waals surface area contributed by atoms with Crippen LogP contribution in [0.4, 0.5) is 0 Å². The maximum Gasteiger partial charge on any atom is 0.489 e. The second kappa shape index (κ2) is 4.26. The molecule has 4 nitrogen and oxygen atoms in total. The Morgan fingerprint density at radius 3 is 2.57 bits per heavy atom. The van der Waals surface area contributed by atoms with Crippen molar-refractivity contribution in [1.82, 2.24) is 0 Å². The van der Waals surface area contributed by atoms with Crippen LogP contribution in [-0.4, -0.2) is 30.2 Å². The minimum Gasteiger partial charge on any atom is -0.465 e. The summed E-state index contributed by atoms with van der Waals surface area (Å²) in [7, 11) is -0.417. The molecule has 1 aromatic carbocycles. The zero-order valence-corrected chi connectivity index (χ0v) is 8.02. The minimum atomic E-state index is -1.66. The van der Waals surface area contributed by atoms with E-state index in [1.807, 2.05) is 0 Å². The van der Waals surface area contributed by atoms with Crippen LogP contribution < -0.4 is 5.46 Å². The van der Waals surface area contributed by atoms with Gasteiger partial charge in [-0.25, -0.2) is 4.79 Å². The molecule has 0 amide bonds. The molecule has 0 saturated carbocycles. The molecular weight excluding hydrogens is 183 g/mol. The van der Waals surface area contributed by atoms with E-state index < -0.39 is 13.1 Å². The van der Waals surface area contributed by atoms with Crippen molar-refractivity contribution in [1.29, 1.82) is 0 Å². The van der Waals surface area contributed by atoms with E-state index in [0.29, 0.717) is 0 Å². The van der Waals surface area contributed by atoms with Gasteiger partial charge in [0.25, 0.3) is 0 Å². The van der Waals surface area contributed by atoms with Crippen LogP contribution in [0.5, 0.6) is 0 Å². The summed E-state index contributed by atoms with van der Waals surface area (Å²) in [5.41, 5.74) is 1.19. The molecule has 14 heavy (non-hydrogen) atoms. The van der Waals surface area contributed by atoms with Gasteiger partial charge in [0.05, 0.1) is 12.7 Å². The number of rotatable bonds is 2. The standard InChI is InChI=1S/C9H11BO4/c1-6-3-4-7(9(11)14-2)8(5-6)10(12)13/h3-5,12-13H,1-2H3. The number of carbonyl (C=O) groups is 1. The highest BCUT2D eigenvalue weighted by atomic mass is 16.5. The first-order valence-corrected chi connectivity index (χ1v) is 4.11. The molecule has 0 aliphatic heterocycles. The molecule has 0 heterocycles. The first-order chi connectivity index (χ1) is 6.56. The van der Waals surface area contributed by atoms with Gasteiger partial charge >= 0.3 is 13.1 Å². The van der Waals surface area contributed by atoms with Gasteiger partial charge in [-0.1, -0.05) is 17.7 Å². The van der Waals surface area contributed by atoms with Crippen LogP contribution in [0.1, 0.15) is 15.9 Å². The Balaban J connectivity index is 3.21. The van der Waals surface area contributed by atoms with Crippen LogP contribution >= 0.6 is 0 Å². The van der Waals surface area contributed by atoms with Crippen molar-refractivity contribution in [2.45, 2.75) is 6.92 Å². The van der Waals surface area contributed by atoms with E-state index in [1.54, 1.807) is 13.0 Å². The van der Waals surface area contributed by atoms with Gasteiger partial charge in [0, 0.05) is 0 Å². The van der Waals surface area contributed by atoms with E-state index in [2.05, 4.69) is 4.74 Å². The number of hydrogen-bond acceptors (Lipinski definition) is 4. The summed E-state index contributed by atoms with van der Waals surface area (Å²) < 4.78 is 4.51. The molecule has 1 rings (SSSR count). The number of benzene rings is 1. The van der Waals surface area contributed by atoms with E-state index in [1.165, 1.54) is 19.2 Å². The largest absolute Gasteiger partial charge is 0.489 e. The minimum absolute atomic E-state index is 0.164. The number of carbonyl (C=O) groups excluding carboxylic acids is 1. The number of aryl methyl sites for hydroxylation is 1. The highest BCUT2D eigenvalue weighted by Gasteiger charge is 2.20. The van der Waals surface area contributed by atoms with Crippen LogP contribution in [-0.2, 0) is 4.74 Å². The molecule has 0 bridgehead atoms. The zero-order valence-electron chi connectivity index (χ0n) is 8.02. The first-order valence-electron chi connectivity index (χ1n) is 4.11. The first kappa shape index (κ1) is 10.8. The lowest BCUT2D eigenvalue weighted by atomic mass is 9.76. The highest BCUT2D eigenvalue weighted by Crippen LogP contribution is 2.03. The topological polar surface area (TPSA) is 66.8 Å². The van der Waals surface area contributed by atoms with Gasteiger partial charge in [-0.15, -0.1) is 0 Å². The Bertz CT molecular complexity index is 349. The molecule has 0 unspecified atom stereocenters. The number of esters is 1. The SMILES string of the molecule is COC(=O)c1ccc(C)cc1B(O)O. The summed E-state index contributed by atoms with van der Waals surface area (Å²) in [5, 5.41) is 18.0. The average Bonchev–Trinajstić information content (AvgIpc) is 2.16. The number of ether oxygens (including phenoxy) is 1. The fourth-order valence-corrected chi connectivity index (χ4v) is 1.19. The maximum absolute atomic E-state index is 11.2. The molecule has 0 aromatic heterocycles. The van der Waals surface area contributed by atoms with Crippen molar-refractivity contribution in [3.8, 4) is 0 Å². The van der Waals surface area contributed by atoms with Gasteiger partial charge in [0.15, 0.2) is 0 Å². The lowest BCUT2D eigenvalue weighted by Gasteiger charge is -2.07. The summed E-state index contributed by atoms with van der Waals surface area (Å²) in [4.78, 5) is 11.2. The lowest BCUT2D eigenvalue weighted by molar-refractivity contribution is 0.0601. The van der Waals surface area contributed by atoms with Crippen molar-refractivity contribution in [2.24, 2.45) is 0 Å². The molecule has 0 aliphatic rings. The van der Waals surface area contributed by atoms with Gasteiger partial charge in [0.2, 0.25) is 0 Å². The van der Waals surface area contributed by atoms with Crippen LogP contribution in [0, 0.1) is 6.92 Å². The molecule has 0 fully saturated rings. The van der Waals surface area contributed by atoms with Crippen LogP contribution in [0.25, 0.3) is 0 Å². The van der Waals surface area contributed by atoms with Crippen molar-refractivity contribution in [2.75, 3.05) is 7.11 Å². The fourth-order valence-electron chi connectivity index (χ4n) is 1.19. The summed E-state index contributed by atoms with van der Waals surface area (Å²) in [6.07, 6.45) is 0. The molecule has 0 aliphatic carbocycles. The van der Waals surface area contributed by atoms with Crippen molar-refractivity contribution in [3.05, 3.63) is 29.3 Å². The molecule has 0 atom stereocenters. The predicted octanol–water partition coefficient (Wildman–Crippen LogP) is -0.539. The molecule has 74 valence electrons. The summed E-state index contributed by atoms with van der Waals surface area (Å²) in [6.45, 7) is 1.80. The third-order valence-electron chi connectivity index (χ3n) is 1.89. The van der Waals surface area contributed by atoms with Crippen LogP contribution in [0.3, 0.4) is 0 Å². The van der Waals surface area contributed by atoms with E-state index in [4.69, 9.17) is 10.0 Å². The van der Waals surface area contributed by atoms with Gasteiger partial charge in [-0.2, -0.15) is 0 Å². The molecule has 1 aromatic rings. The lowest BCUT2D eigenvalue weighted by Crippen LogP contribution is -2.35. The van der Waals surface area contributed by atoms with Crippen LogP contribution in [0.2, 0.25) is 0 Å². The second-order valence-electron chi connectivity index (χ2n) is 2.96. The molecule has 2 N–H and O–H groups in total. The molecule has 5 heteroatoms. The zero-order chi connectivity index (χ0) is 10.7. The van der Waals surface area contributed by atoms with Gasteiger partial charge in [-0.3, -0.25) is 0 Å². The van der Waals surface area contributed by atoms with Gasteiger partial charge < -0.3 is 14.8 Å². The average molecular weight is 194 g/mol. The number of methoxy groups -OCH3 is 1. The van der Waals surface area contributed by atoms with Crippen molar-refractivity contribution in [3.63, 3.8) is 0 Å². The summed E-state index contributed by atoms with van der Waals surface area (Å²) >= 11 is 0. The van der Waals surface area contributed by atoms with E-state index in [9.17, 15) is 4.79 Å². The fraction of sp³-hybridized carbons (Fsp3) is 0.222. The molecule has 0 radical (unpaired) electrons. The summed E-state index contributed by atoms with van der Waals surface area (Å²) in [6, 6.07) is 4.75. The molecule has 0 spiro atoms. The Morgan fingerprint density at radius 2 is 2.07 bits per heavy atom. The second-order valence-corrected chi connectivity index (χ2v) is 2.96. The van der Waals surface area contributed by atoms with Gasteiger partial charge in [-0.05, 0) is 18.5 Å². The Hall–Kier alpha value is -1.33. The van der Waals surface area contributed by atoms with E-state index >= 15 is 0 Å². The maximum atomic E-state index is 11.2. The summed E-state index contributed by atoms with van der Waals surface area (Å²) in [5.74, 6) is -0.576. The molecular formula is C9H11BO4. The van der Waals surface area contributed by atoms with Crippen LogP contribution in [0.15, 0.2) is 18.2 Å². The van der Waals surface area contributed by atoms with E-state index in [0.717, 1.165) is 5.56 Å².